The zero-order valence-corrected chi connectivity index (χ0v) is 7.47. The average molecular weight is 179 g/mol. The van der Waals surface area contributed by atoms with Crippen LogP contribution >= 0.6 is 0 Å². The summed E-state index contributed by atoms with van der Waals surface area (Å²) in [6, 6.07) is 8.82. The molecule has 3 nitrogen and oxygen atoms in total. The lowest BCUT2D eigenvalue weighted by Crippen LogP contribution is -2.25. The Labute approximate surface area is 77.2 Å². The molecule has 70 valence electrons. The van der Waals surface area contributed by atoms with Crippen molar-refractivity contribution in [3.63, 3.8) is 0 Å². The summed E-state index contributed by atoms with van der Waals surface area (Å²) in [6.07, 6.45) is 0. The number of carbonyl (C=O) groups is 1. The highest BCUT2D eigenvalue weighted by Crippen LogP contribution is 2.18. The zero-order chi connectivity index (χ0) is 9.84. The van der Waals surface area contributed by atoms with Gasteiger partial charge in [-0.15, -0.1) is 0 Å². The number of carboxylic acids is 1. The standard InChI is InChI=1S/C10H13NO2/c1-7(10(12)13)9(11)8-5-3-2-4-6-8/h2-7,9H,11H2,1H3,(H,12,13)/t7?,9-/m1/s1. The van der Waals surface area contributed by atoms with Gasteiger partial charge in [0.05, 0.1) is 5.92 Å². The Morgan fingerprint density at radius 3 is 2.38 bits per heavy atom. The van der Waals surface area contributed by atoms with Gasteiger partial charge in [0.15, 0.2) is 0 Å². The van der Waals surface area contributed by atoms with Crippen molar-refractivity contribution in [2.24, 2.45) is 11.7 Å². The molecule has 3 N–H and O–H groups in total. The molecule has 0 saturated heterocycles. The van der Waals surface area contributed by atoms with Crippen molar-refractivity contribution < 1.29 is 9.90 Å². The minimum Gasteiger partial charge on any atom is -0.481 e. The first-order valence-corrected chi connectivity index (χ1v) is 4.16. The normalized spacial score (nSPS) is 14.9. The Morgan fingerprint density at radius 1 is 1.38 bits per heavy atom. The molecule has 0 aliphatic carbocycles. The van der Waals surface area contributed by atoms with Crippen molar-refractivity contribution in [2.75, 3.05) is 0 Å². The monoisotopic (exact) mass is 179 g/mol. The smallest absolute Gasteiger partial charge is 0.308 e. The van der Waals surface area contributed by atoms with E-state index in [0.717, 1.165) is 5.56 Å². The van der Waals surface area contributed by atoms with E-state index < -0.39 is 17.9 Å². The largest absolute Gasteiger partial charge is 0.481 e. The van der Waals surface area contributed by atoms with Gasteiger partial charge in [-0.1, -0.05) is 37.3 Å². The summed E-state index contributed by atoms with van der Waals surface area (Å²) in [4.78, 5) is 10.6. The van der Waals surface area contributed by atoms with Crippen molar-refractivity contribution in [3.05, 3.63) is 35.9 Å². The van der Waals surface area contributed by atoms with Gasteiger partial charge in [0.2, 0.25) is 0 Å². The number of nitrogens with two attached hydrogens (primary N) is 1. The van der Waals surface area contributed by atoms with E-state index in [1.165, 1.54) is 0 Å². The molecule has 0 aromatic heterocycles. The van der Waals surface area contributed by atoms with Crippen LogP contribution in [0.4, 0.5) is 0 Å². The summed E-state index contributed by atoms with van der Waals surface area (Å²) in [5.74, 6) is -1.42. The van der Waals surface area contributed by atoms with Crippen molar-refractivity contribution >= 4 is 5.97 Å². The van der Waals surface area contributed by atoms with Crippen molar-refractivity contribution in [1.29, 1.82) is 0 Å². The first kappa shape index (κ1) is 9.74. The topological polar surface area (TPSA) is 63.3 Å². The van der Waals surface area contributed by atoms with Crippen LogP contribution in [0.1, 0.15) is 18.5 Å². The Hall–Kier alpha value is -1.35. The fraction of sp³-hybridized carbons (Fsp3) is 0.300. The highest BCUT2D eigenvalue weighted by Gasteiger charge is 2.20. The molecule has 0 saturated carbocycles. The van der Waals surface area contributed by atoms with E-state index in [1.807, 2.05) is 30.3 Å². The van der Waals surface area contributed by atoms with E-state index in [0.29, 0.717) is 0 Å². The maximum Gasteiger partial charge on any atom is 0.308 e. The fourth-order valence-corrected chi connectivity index (χ4v) is 1.12. The molecule has 1 aromatic rings. The van der Waals surface area contributed by atoms with Gasteiger partial charge >= 0.3 is 5.97 Å². The van der Waals surface area contributed by atoms with E-state index in [9.17, 15) is 4.79 Å². The second-order valence-corrected chi connectivity index (χ2v) is 3.06. The molecule has 0 radical (unpaired) electrons. The third-order valence-electron chi connectivity index (χ3n) is 2.11. The van der Waals surface area contributed by atoms with Crippen LogP contribution in [-0.4, -0.2) is 11.1 Å². The SMILES string of the molecule is CC(C(=O)O)[C@@H](N)c1ccccc1. The lowest BCUT2D eigenvalue weighted by Gasteiger charge is -2.15. The maximum atomic E-state index is 10.6. The van der Waals surface area contributed by atoms with E-state index >= 15 is 0 Å². The average Bonchev–Trinajstić information content (AvgIpc) is 2.17. The molecule has 0 aliphatic heterocycles. The molecule has 0 heterocycles. The minimum absolute atomic E-state index is 0.432. The first-order chi connectivity index (χ1) is 6.13. The predicted octanol–water partition coefficient (Wildman–Crippen LogP) is 1.41. The molecular formula is C10H13NO2. The van der Waals surface area contributed by atoms with Crippen molar-refractivity contribution in [2.45, 2.75) is 13.0 Å². The molecular weight excluding hydrogens is 166 g/mol. The molecule has 0 amide bonds. The van der Waals surface area contributed by atoms with Crippen LogP contribution in [0.3, 0.4) is 0 Å². The number of hydrogen-bond donors (Lipinski definition) is 2. The number of carboxylic acid groups (broad SMARTS) is 1. The summed E-state index contributed by atoms with van der Waals surface area (Å²) >= 11 is 0. The Morgan fingerprint density at radius 2 is 1.92 bits per heavy atom. The maximum absolute atomic E-state index is 10.6. The molecule has 1 aromatic carbocycles. The molecule has 13 heavy (non-hydrogen) atoms. The third-order valence-corrected chi connectivity index (χ3v) is 2.11. The highest BCUT2D eigenvalue weighted by atomic mass is 16.4. The second kappa shape index (κ2) is 4.05. The van der Waals surface area contributed by atoms with Crippen LogP contribution in [-0.2, 0) is 4.79 Å². The highest BCUT2D eigenvalue weighted by molar-refractivity contribution is 5.70. The van der Waals surface area contributed by atoms with Gasteiger partial charge in [-0.2, -0.15) is 0 Å². The molecule has 2 atom stereocenters. The molecule has 0 bridgehead atoms. The minimum atomic E-state index is -0.864. The second-order valence-electron chi connectivity index (χ2n) is 3.06. The lowest BCUT2D eigenvalue weighted by molar-refractivity contribution is -0.141. The number of aliphatic carboxylic acids is 1. The third kappa shape index (κ3) is 2.29. The van der Waals surface area contributed by atoms with E-state index in [1.54, 1.807) is 6.92 Å². The summed E-state index contributed by atoms with van der Waals surface area (Å²) in [5.41, 5.74) is 6.62. The van der Waals surface area contributed by atoms with Crippen LogP contribution in [0.25, 0.3) is 0 Å². The summed E-state index contributed by atoms with van der Waals surface area (Å²) < 4.78 is 0. The van der Waals surface area contributed by atoms with Gasteiger partial charge in [-0.25, -0.2) is 0 Å². The van der Waals surface area contributed by atoms with Crippen LogP contribution < -0.4 is 5.73 Å². The fourth-order valence-electron chi connectivity index (χ4n) is 1.12. The van der Waals surface area contributed by atoms with Crippen LogP contribution in [0, 0.1) is 5.92 Å². The lowest BCUT2D eigenvalue weighted by atomic mass is 9.96. The van der Waals surface area contributed by atoms with Crippen LogP contribution in [0.15, 0.2) is 30.3 Å². The van der Waals surface area contributed by atoms with E-state index in [2.05, 4.69) is 0 Å². The Kier molecular flexibility index (Phi) is 3.03. The van der Waals surface area contributed by atoms with Crippen LogP contribution in [0.5, 0.6) is 0 Å². The van der Waals surface area contributed by atoms with Gasteiger partial charge in [0.25, 0.3) is 0 Å². The van der Waals surface area contributed by atoms with E-state index in [-0.39, 0.29) is 0 Å². The van der Waals surface area contributed by atoms with Crippen molar-refractivity contribution in [3.8, 4) is 0 Å². The number of benzene rings is 1. The van der Waals surface area contributed by atoms with Gasteiger partial charge in [0.1, 0.15) is 0 Å². The molecule has 1 unspecified atom stereocenters. The molecule has 3 heteroatoms. The Balaban J connectivity index is 2.79. The Bertz CT molecular complexity index is 284. The molecule has 0 aliphatic rings. The quantitative estimate of drug-likeness (QED) is 0.737. The molecule has 1 rings (SSSR count). The number of rotatable bonds is 3. The molecule has 0 spiro atoms. The summed E-state index contributed by atoms with van der Waals surface area (Å²) in [5, 5.41) is 8.73. The van der Waals surface area contributed by atoms with Gasteiger partial charge in [-0.05, 0) is 5.56 Å². The zero-order valence-electron chi connectivity index (χ0n) is 7.47. The van der Waals surface area contributed by atoms with Crippen molar-refractivity contribution in [1.82, 2.24) is 0 Å². The molecule has 0 fully saturated rings. The van der Waals surface area contributed by atoms with E-state index in [4.69, 9.17) is 10.8 Å². The predicted molar refractivity (Wildman–Crippen MR) is 50.2 cm³/mol. The van der Waals surface area contributed by atoms with Gasteiger partial charge in [-0.3, -0.25) is 4.79 Å². The summed E-state index contributed by atoms with van der Waals surface area (Å²) in [7, 11) is 0. The first-order valence-electron chi connectivity index (χ1n) is 4.16. The van der Waals surface area contributed by atoms with Gasteiger partial charge < -0.3 is 10.8 Å². The van der Waals surface area contributed by atoms with Crippen LogP contribution in [0.2, 0.25) is 0 Å². The summed E-state index contributed by atoms with van der Waals surface area (Å²) in [6.45, 7) is 1.61. The van der Waals surface area contributed by atoms with Gasteiger partial charge in [0, 0.05) is 6.04 Å². The number of hydrogen-bond acceptors (Lipinski definition) is 2.